The maximum absolute atomic E-state index is 13.1. The third-order valence-corrected chi connectivity index (χ3v) is 4.13. The number of hydrogen-bond donors (Lipinski definition) is 1. The second-order valence-corrected chi connectivity index (χ2v) is 6.31. The molecule has 1 heterocycles. The Morgan fingerprint density at radius 2 is 1.97 bits per heavy atom. The summed E-state index contributed by atoms with van der Waals surface area (Å²) in [4.78, 5) is 38.7. The van der Waals surface area contributed by atoms with Crippen LogP contribution in [0.4, 0.5) is 24.5 Å². The number of nitro groups is 1. The number of anilines is 1. The minimum Gasteiger partial charge on any atom is -0.324 e. The molecule has 1 aromatic heterocycles. The van der Waals surface area contributed by atoms with Crippen molar-refractivity contribution < 1.29 is 22.9 Å². The highest BCUT2D eigenvalue weighted by atomic mass is 35.5. The Hall–Kier alpha value is -3.47. The Balaban J connectivity index is 1.88. The molecular formula is C17H10ClF3N4O4. The van der Waals surface area contributed by atoms with E-state index in [-0.39, 0.29) is 21.6 Å². The molecule has 0 radical (unpaired) electrons. The van der Waals surface area contributed by atoms with Crippen LogP contribution in [-0.2, 0) is 17.5 Å². The van der Waals surface area contributed by atoms with Crippen LogP contribution in [0.25, 0.3) is 10.9 Å². The number of halogens is 4. The fourth-order valence-corrected chi connectivity index (χ4v) is 2.75. The Morgan fingerprint density at radius 1 is 1.24 bits per heavy atom. The molecule has 0 bridgehead atoms. The molecule has 1 N–H and O–H groups in total. The van der Waals surface area contributed by atoms with Crippen LogP contribution in [0, 0.1) is 10.1 Å². The van der Waals surface area contributed by atoms with Gasteiger partial charge >= 0.3 is 6.18 Å². The van der Waals surface area contributed by atoms with Crippen molar-refractivity contribution in [1.29, 1.82) is 0 Å². The maximum atomic E-state index is 13.1. The number of non-ortho nitro benzene ring substituents is 1. The van der Waals surface area contributed by atoms with Gasteiger partial charge in [-0.2, -0.15) is 13.2 Å². The number of carbonyl (C=O) groups excluding carboxylic acids is 1. The van der Waals surface area contributed by atoms with E-state index in [1.54, 1.807) is 0 Å². The number of rotatable bonds is 4. The lowest BCUT2D eigenvalue weighted by molar-refractivity contribution is -0.384. The van der Waals surface area contributed by atoms with Gasteiger partial charge in [-0.05, 0) is 24.3 Å². The summed E-state index contributed by atoms with van der Waals surface area (Å²) in [5, 5.41) is 12.8. The molecule has 150 valence electrons. The SMILES string of the molecule is O=C(Cn1cnc2cc([N+](=O)[O-])ccc2c1=O)Nc1ccc(Cl)cc1C(F)(F)F. The lowest BCUT2D eigenvalue weighted by Crippen LogP contribution is -2.28. The second-order valence-electron chi connectivity index (χ2n) is 5.87. The molecule has 8 nitrogen and oxygen atoms in total. The number of alkyl halides is 3. The van der Waals surface area contributed by atoms with Gasteiger partial charge in [-0.3, -0.25) is 24.3 Å². The van der Waals surface area contributed by atoms with Crippen molar-refractivity contribution in [2.45, 2.75) is 12.7 Å². The minimum atomic E-state index is -4.75. The zero-order valence-corrected chi connectivity index (χ0v) is 15.0. The van der Waals surface area contributed by atoms with Gasteiger partial charge in [0.25, 0.3) is 11.2 Å². The molecule has 12 heteroatoms. The minimum absolute atomic E-state index is 0.0216. The van der Waals surface area contributed by atoms with Crippen molar-refractivity contribution in [2.24, 2.45) is 0 Å². The topological polar surface area (TPSA) is 107 Å². The van der Waals surface area contributed by atoms with Crippen LogP contribution in [0.15, 0.2) is 47.5 Å². The molecule has 0 saturated heterocycles. The van der Waals surface area contributed by atoms with Gasteiger partial charge in [-0.15, -0.1) is 0 Å². The predicted molar refractivity (Wildman–Crippen MR) is 97.7 cm³/mol. The summed E-state index contributed by atoms with van der Waals surface area (Å²) in [6.45, 7) is -0.612. The van der Waals surface area contributed by atoms with Gasteiger partial charge in [0.1, 0.15) is 6.54 Å². The van der Waals surface area contributed by atoms with Crippen LogP contribution in [0.1, 0.15) is 5.56 Å². The smallest absolute Gasteiger partial charge is 0.324 e. The number of nitro benzene ring substituents is 1. The van der Waals surface area contributed by atoms with Crippen LogP contribution in [-0.4, -0.2) is 20.4 Å². The molecule has 3 aromatic rings. The highest BCUT2D eigenvalue weighted by Crippen LogP contribution is 2.36. The first-order valence-electron chi connectivity index (χ1n) is 7.86. The number of aromatic nitrogens is 2. The third kappa shape index (κ3) is 4.35. The largest absolute Gasteiger partial charge is 0.418 e. The molecule has 0 fully saturated rings. The average molecular weight is 427 g/mol. The van der Waals surface area contributed by atoms with E-state index in [9.17, 15) is 32.9 Å². The second kappa shape index (κ2) is 7.51. The summed E-state index contributed by atoms with van der Waals surface area (Å²) in [6, 6.07) is 6.27. The van der Waals surface area contributed by atoms with Crippen LogP contribution < -0.4 is 10.9 Å². The Bertz CT molecular complexity index is 1190. The van der Waals surface area contributed by atoms with Gasteiger partial charge in [0.05, 0.1) is 33.4 Å². The van der Waals surface area contributed by atoms with Gasteiger partial charge in [0.2, 0.25) is 5.91 Å². The van der Waals surface area contributed by atoms with E-state index in [4.69, 9.17) is 11.6 Å². The summed E-state index contributed by atoms with van der Waals surface area (Å²) in [6.07, 6.45) is -3.76. The average Bonchev–Trinajstić information content (AvgIpc) is 2.64. The Labute approximate surface area is 164 Å². The molecule has 0 aliphatic heterocycles. The Kier molecular flexibility index (Phi) is 5.25. The number of amides is 1. The predicted octanol–water partition coefficient (Wildman–Crippen LogP) is 3.62. The first kappa shape index (κ1) is 20.3. The summed E-state index contributed by atoms with van der Waals surface area (Å²) < 4.78 is 40.2. The van der Waals surface area contributed by atoms with E-state index < -0.39 is 40.4 Å². The molecular weight excluding hydrogens is 417 g/mol. The van der Waals surface area contributed by atoms with E-state index in [1.165, 1.54) is 12.1 Å². The van der Waals surface area contributed by atoms with Gasteiger partial charge in [-0.1, -0.05) is 11.6 Å². The fourth-order valence-electron chi connectivity index (χ4n) is 2.58. The molecule has 29 heavy (non-hydrogen) atoms. The number of carbonyl (C=O) groups is 1. The van der Waals surface area contributed by atoms with Gasteiger partial charge < -0.3 is 5.32 Å². The van der Waals surface area contributed by atoms with Crippen LogP contribution in [0.3, 0.4) is 0 Å². The molecule has 3 rings (SSSR count). The highest BCUT2D eigenvalue weighted by Gasteiger charge is 2.34. The summed E-state index contributed by atoms with van der Waals surface area (Å²) >= 11 is 5.59. The van der Waals surface area contributed by atoms with Crippen LogP contribution >= 0.6 is 11.6 Å². The molecule has 2 aromatic carbocycles. The molecule has 0 aliphatic rings. The van der Waals surface area contributed by atoms with Crippen molar-refractivity contribution in [3.63, 3.8) is 0 Å². The molecule has 1 amide bonds. The van der Waals surface area contributed by atoms with Crippen molar-refractivity contribution >= 4 is 39.8 Å². The van der Waals surface area contributed by atoms with Gasteiger partial charge in [0, 0.05) is 17.2 Å². The van der Waals surface area contributed by atoms with Crippen molar-refractivity contribution in [1.82, 2.24) is 9.55 Å². The number of fused-ring (bicyclic) bond motifs is 1. The van der Waals surface area contributed by atoms with Crippen molar-refractivity contribution in [2.75, 3.05) is 5.32 Å². The maximum Gasteiger partial charge on any atom is 0.418 e. The zero-order chi connectivity index (χ0) is 21.3. The van der Waals surface area contributed by atoms with Crippen LogP contribution in [0.5, 0.6) is 0 Å². The normalized spacial score (nSPS) is 11.4. The Morgan fingerprint density at radius 3 is 2.62 bits per heavy atom. The van der Waals surface area contributed by atoms with E-state index >= 15 is 0 Å². The zero-order valence-electron chi connectivity index (χ0n) is 14.2. The van der Waals surface area contributed by atoms with E-state index in [0.29, 0.717) is 6.07 Å². The number of nitrogens with one attached hydrogen (secondary N) is 1. The van der Waals surface area contributed by atoms with E-state index in [2.05, 4.69) is 10.3 Å². The fraction of sp³-hybridized carbons (Fsp3) is 0.118. The van der Waals surface area contributed by atoms with Gasteiger partial charge in [0.15, 0.2) is 0 Å². The third-order valence-electron chi connectivity index (χ3n) is 3.89. The molecule has 0 aliphatic carbocycles. The summed E-state index contributed by atoms with van der Waals surface area (Å²) in [5.74, 6) is -0.900. The van der Waals surface area contributed by atoms with E-state index in [0.717, 1.165) is 29.1 Å². The summed E-state index contributed by atoms with van der Waals surface area (Å²) in [5.41, 5.74) is -2.52. The molecule has 0 atom stereocenters. The van der Waals surface area contributed by atoms with Crippen molar-refractivity contribution in [3.05, 3.63) is 73.8 Å². The van der Waals surface area contributed by atoms with Crippen molar-refractivity contribution in [3.8, 4) is 0 Å². The highest BCUT2D eigenvalue weighted by molar-refractivity contribution is 6.30. The standard InChI is InChI=1S/C17H10ClF3N4O4/c18-9-1-4-13(12(5-9)17(19,20)21)23-15(26)7-24-8-22-14-6-10(25(28)29)2-3-11(14)16(24)27/h1-6,8H,7H2,(H,23,26). The quantitative estimate of drug-likeness (QED) is 0.506. The molecule has 0 unspecified atom stereocenters. The van der Waals surface area contributed by atoms with E-state index in [1.807, 2.05) is 0 Å². The number of hydrogen-bond acceptors (Lipinski definition) is 5. The first-order chi connectivity index (χ1) is 13.6. The monoisotopic (exact) mass is 426 g/mol. The van der Waals surface area contributed by atoms with Gasteiger partial charge in [-0.25, -0.2) is 4.98 Å². The lowest BCUT2D eigenvalue weighted by atomic mass is 10.1. The number of benzene rings is 2. The van der Waals surface area contributed by atoms with Crippen LogP contribution in [0.2, 0.25) is 5.02 Å². The lowest BCUT2D eigenvalue weighted by Gasteiger charge is -2.14. The molecule has 0 saturated carbocycles. The number of nitrogens with zero attached hydrogens (tertiary/aromatic N) is 3. The molecule has 0 spiro atoms. The first-order valence-corrected chi connectivity index (χ1v) is 8.24. The summed E-state index contributed by atoms with van der Waals surface area (Å²) in [7, 11) is 0.